The third-order valence-corrected chi connectivity index (χ3v) is 5.87. The number of nitrogens with zero attached hydrogens (tertiary/aromatic N) is 1. The topological polar surface area (TPSA) is 41.6 Å². The van der Waals surface area contributed by atoms with Crippen molar-refractivity contribution in [2.75, 3.05) is 26.7 Å². The largest absolute Gasteiger partial charge is 0.378 e. The molecule has 1 spiro atoms. The first kappa shape index (κ1) is 14.3. The highest BCUT2D eigenvalue weighted by Crippen LogP contribution is 2.56. The number of rotatable bonds is 4. The third-order valence-electron chi connectivity index (χ3n) is 5.87. The molecule has 3 atom stereocenters. The molecule has 0 radical (unpaired) electrons. The zero-order valence-electron chi connectivity index (χ0n) is 12.9. The zero-order chi connectivity index (χ0) is 14.2. The van der Waals surface area contributed by atoms with Crippen LogP contribution in [0, 0.1) is 11.3 Å². The van der Waals surface area contributed by atoms with Crippen LogP contribution in [0.1, 0.15) is 45.4 Å². The molecule has 1 heterocycles. The Morgan fingerprint density at radius 2 is 2.15 bits per heavy atom. The molecule has 20 heavy (non-hydrogen) atoms. The van der Waals surface area contributed by atoms with Crippen LogP contribution >= 0.6 is 0 Å². The molecule has 0 bridgehead atoms. The molecule has 2 aliphatic carbocycles. The Morgan fingerprint density at radius 3 is 2.75 bits per heavy atom. The van der Waals surface area contributed by atoms with E-state index in [-0.39, 0.29) is 11.3 Å². The van der Waals surface area contributed by atoms with E-state index in [2.05, 4.69) is 17.1 Å². The van der Waals surface area contributed by atoms with Crippen LogP contribution in [-0.4, -0.2) is 49.7 Å². The summed E-state index contributed by atoms with van der Waals surface area (Å²) < 4.78 is 5.95. The Hall–Kier alpha value is -0.610. The number of nitrogens with one attached hydrogen (secondary N) is 1. The number of hydrogen-bond acceptors (Lipinski definition) is 3. The summed E-state index contributed by atoms with van der Waals surface area (Å²) in [6.45, 7) is 4.72. The lowest BCUT2D eigenvalue weighted by Crippen LogP contribution is -2.64. The monoisotopic (exact) mass is 280 g/mol. The second-order valence-electron chi connectivity index (χ2n) is 6.77. The van der Waals surface area contributed by atoms with E-state index in [9.17, 15) is 4.79 Å². The third kappa shape index (κ3) is 2.17. The van der Waals surface area contributed by atoms with Gasteiger partial charge in [0.1, 0.15) is 0 Å². The first-order valence-corrected chi connectivity index (χ1v) is 8.28. The van der Waals surface area contributed by atoms with Gasteiger partial charge in [-0.2, -0.15) is 0 Å². The molecule has 114 valence electrons. The van der Waals surface area contributed by atoms with Crippen molar-refractivity contribution in [3.63, 3.8) is 0 Å². The molecule has 1 aliphatic heterocycles. The lowest BCUT2D eigenvalue weighted by molar-refractivity contribution is -0.174. The van der Waals surface area contributed by atoms with Gasteiger partial charge < -0.3 is 15.0 Å². The molecule has 1 saturated heterocycles. The summed E-state index contributed by atoms with van der Waals surface area (Å²) in [5, 5.41) is 3.30. The van der Waals surface area contributed by atoms with Crippen molar-refractivity contribution < 1.29 is 9.53 Å². The van der Waals surface area contributed by atoms with Gasteiger partial charge in [0.05, 0.1) is 12.0 Å². The molecule has 3 fully saturated rings. The van der Waals surface area contributed by atoms with Crippen LogP contribution in [-0.2, 0) is 9.53 Å². The molecule has 1 amide bonds. The zero-order valence-corrected chi connectivity index (χ0v) is 12.9. The van der Waals surface area contributed by atoms with E-state index in [1.165, 1.54) is 25.7 Å². The molecule has 3 unspecified atom stereocenters. The Labute approximate surface area is 122 Å². The van der Waals surface area contributed by atoms with Crippen LogP contribution < -0.4 is 5.32 Å². The quantitative estimate of drug-likeness (QED) is 0.853. The lowest BCUT2D eigenvalue weighted by Gasteiger charge is -2.57. The van der Waals surface area contributed by atoms with Crippen molar-refractivity contribution in [3.05, 3.63) is 0 Å². The van der Waals surface area contributed by atoms with Crippen LogP contribution in [0.15, 0.2) is 0 Å². The molecule has 2 saturated carbocycles. The highest BCUT2D eigenvalue weighted by Gasteiger charge is 2.59. The maximum atomic E-state index is 12.6. The average Bonchev–Trinajstić information content (AvgIpc) is 3.13. The van der Waals surface area contributed by atoms with Gasteiger partial charge in [-0.05, 0) is 39.2 Å². The maximum absolute atomic E-state index is 12.6. The predicted molar refractivity (Wildman–Crippen MR) is 78.5 cm³/mol. The second-order valence-corrected chi connectivity index (χ2v) is 6.77. The Kier molecular flexibility index (Phi) is 4.04. The normalized spacial score (nSPS) is 35.2. The number of ether oxygens (including phenoxy) is 1. The molecule has 3 rings (SSSR count). The highest BCUT2D eigenvalue weighted by molar-refractivity contribution is 5.79. The smallest absolute Gasteiger partial charge is 0.227 e. The highest BCUT2D eigenvalue weighted by atomic mass is 16.5. The number of carbonyl (C=O) groups is 1. The van der Waals surface area contributed by atoms with E-state index in [0.717, 1.165) is 32.5 Å². The van der Waals surface area contributed by atoms with Gasteiger partial charge in [-0.1, -0.05) is 12.8 Å². The van der Waals surface area contributed by atoms with E-state index in [0.29, 0.717) is 18.1 Å². The van der Waals surface area contributed by atoms with Crippen molar-refractivity contribution in [1.29, 1.82) is 0 Å². The summed E-state index contributed by atoms with van der Waals surface area (Å²) in [6.07, 6.45) is 7.50. The van der Waals surface area contributed by atoms with E-state index in [4.69, 9.17) is 4.74 Å². The molecule has 1 N–H and O–H groups in total. The van der Waals surface area contributed by atoms with Gasteiger partial charge in [0.25, 0.3) is 0 Å². The first-order valence-electron chi connectivity index (χ1n) is 8.28. The van der Waals surface area contributed by atoms with Gasteiger partial charge in [-0.15, -0.1) is 0 Å². The van der Waals surface area contributed by atoms with Crippen molar-refractivity contribution in [3.8, 4) is 0 Å². The van der Waals surface area contributed by atoms with Crippen LogP contribution in [0.5, 0.6) is 0 Å². The SMILES string of the molecule is CCOC1CC(N(C)C(=O)C2CCNC2)C12CCCC2. The molecule has 0 aromatic carbocycles. The molecule has 4 heteroatoms. The Morgan fingerprint density at radius 1 is 1.40 bits per heavy atom. The fourth-order valence-corrected chi connectivity index (χ4v) is 4.70. The minimum atomic E-state index is 0.199. The molecular weight excluding hydrogens is 252 g/mol. The van der Waals surface area contributed by atoms with E-state index >= 15 is 0 Å². The van der Waals surface area contributed by atoms with E-state index in [1.807, 2.05) is 7.05 Å². The van der Waals surface area contributed by atoms with Crippen molar-refractivity contribution in [2.45, 2.75) is 57.6 Å². The average molecular weight is 280 g/mol. The molecular formula is C16H28N2O2. The van der Waals surface area contributed by atoms with Crippen LogP contribution in [0.2, 0.25) is 0 Å². The van der Waals surface area contributed by atoms with Gasteiger partial charge in [0, 0.05) is 31.7 Å². The summed E-state index contributed by atoms with van der Waals surface area (Å²) in [5.74, 6) is 0.547. The van der Waals surface area contributed by atoms with Crippen molar-refractivity contribution >= 4 is 5.91 Å². The van der Waals surface area contributed by atoms with Crippen LogP contribution in [0.4, 0.5) is 0 Å². The molecule has 0 aromatic heterocycles. The van der Waals surface area contributed by atoms with Gasteiger partial charge >= 0.3 is 0 Å². The predicted octanol–water partition coefficient (Wildman–Crippen LogP) is 1.79. The fourth-order valence-electron chi connectivity index (χ4n) is 4.70. The number of carbonyl (C=O) groups excluding carboxylic acids is 1. The van der Waals surface area contributed by atoms with Crippen molar-refractivity contribution in [2.24, 2.45) is 11.3 Å². The summed E-state index contributed by atoms with van der Waals surface area (Å²) in [4.78, 5) is 14.7. The summed E-state index contributed by atoms with van der Waals surface area (Å²) in [7, 11) is 2.02. The molecule has 0 aromatic rings. The van der Waals surface area contributed by atoms with Crippen molar-refractivity contribution in [1.82, 2.24) is 10.2 Å². The standard InChI is InChI=1S/C16H28N2O2/c1-3-20-14-10-13(16(14)7-4-5-8-16)18(2)15(19)12-6-9-17-11-12/h12-14,17H,3-11H2,1-2H3. The van der Waals surface area contributed by atoms with Gasteiger partial charge in [-0.25, -0.2) is 0 Å². The molecule has 4 nitrogen and oxygen atoms in total. The van der Waals surface area contributed by atoms with Gasteiger partial charge in [0.15, 0.2) is 0 Å². The number of amides is 1. The Bertz CT molecular complexity index is 359. The van der Waals surface area contributed by atoms with E-state index in [1.54, 1.807) is 0 Å². The Balaban J connectivity index is 1.68. The van der Waals surface area contributed by atoms with Gasteiger partial charge in [0.2, 0.25) is 5.91 Å². The van der Waals surface area contributed by atoms with Crippen LogP contribution in [0.25, 0.3) is 0 Å². The minimum Gasteiger partial charge on any atom is -0.378 e. The van der Waals surface area contributed by atoms with Crippen LogP contribution in [0.3, 0.4) is 0 Å². The fraction of sp³-hybridized carbons (Fsp3) is 0.938. The summed E-state index contributed by atoms with van der Waals surface area (Å²) >= 11 is 0. The van der Waals surface area contributed by atoms with Gasteiger partial charge in [-0.3, -0.25) is 4.79 Å². The minimum absolute atomic E-state index is 0.199. The maximum Gasteiger partial charge on any atom is 0.227 e. The lowest BCUT2D eigenvalue weighted by atomic mass is 9.60. The number of hydrogen-bond donors (Lipinski definition) is 1. The first-order chi connectivity index (χ1) is 9.69. The summed E-state index contributed by atoms with van der Waals surface area (Å²) in [6, 6.07) is 0.412. The second kappa shape index (κ2) is 5.64. The molecule has 3 aliphatic rings. The van der Waals surface area contributed by atoms with E-state index < -0.39 is 0 Å². The summed E-state index contributed by atoms with van der Waals surface area (Å²) in [5.41, 5.74) is 0.270.